The summed E-state index contributed by atoms with van der Waals surface area (Å²) in [7, 11) is -1.38. The zero-order valence-electron chi connectivity index (χ0n) is 19.5. The Morgan fingerprint density at radius 1 is 1.19 bits per heavy atom. The third kappa shape index (κ3) is 6.50. The number of amides is 1. The zero-order chi connectivity index (χ0) is 23.3. The van der Waals surface area contributed by atoms with E-state index in [4.69, 9.17) is 4.42 Å². The number of pyridine rings is 1. The van der Waals surface area contributed by atoms with Gasteiger partial charge in [-0.2, -0.15) is 0 Å². The van der Waals surface area contributed by atoms with Gasteiger partial charge in [0, 0.05) is 30.9 Å². The van der Waals surface area contributed by atoms with Crippen LogP contribution in [0.5, 0.6) is 0 Å². The number of nitrogens with zero attached hydrogens (tertiary/aromatic N) is 2. The van der Waals surface area contributed by atoms with Crippen molar-refractivity contribution < 1.29 is 13.4 Å². The third-order valence-electron chi connectivity index (χ3n) is 5.05. The molecule has 2 aromatic heterocycles. The van der Waals surface area contributed by atoms with Gasteiger partial charge in [-0.25, -0.2) is 8.93 Å². The highest BCUT2D eigenvalue weighted by atomic mass is 32.2. The van der Waals surface area contributed by atoms with Crippen molar-refractivity contribution in [3.63, 3.8) is 0 Å². The van der Waals surface area contributed by atoms with Gasteiger partial charge in [-0.3, -0.25) is 9.78 Å². The van der Waals surface area contributed by atoms with Gasteiger partial charge in [-0.15, -0.1) is 0 Å². The molecule has 1 N–H and O–H groups in total. The molecule has 1 amide bonds. The largest absolute Gasteiger partial charge is 0.464 e. The second-order valence-electron chi connectivity index (χ2n) is 9.52. The highest BCUT2D eigenvalue weighted by Gasteiger charge is 2.30. The van der Waals surface area contributed by atoms with Crippen molar-refractivity contribution in [1.82, 2.24) is 14.6 Å². The van der Waals surface area contributed by atoms with Crippen LogP contribution in [-0.2, 0) is 28.7 Å². The molecule has 0 saturated heterocycles. The first-order chi connectivity index (χ1) is 15.1. The summed E-state index contributed by atoms with van der Waals surface area (Å²) in [6.45, 7) is 11.0. The van der Waals surface area contributed by atoms with E-state index < -0.39 is 21.8 Å². The number of hydrogen-bond acceptors (Lipinski definition) is 4. The number of carbonyl (C=O) groups excluding carboxylic acids is 1. The van der Waals surface area contributed by atoms with Crippen LogP contribution in [-0.4, -0.2) is 37.3 Å². The molecule has 32 heavy (non-hydrogen) atoms. The molecule has 0 spiro atoms. The van der Waals surface area contributed by atoms with E-state index in [0.29, 0.717) is 25.4 Å². The van der Waals surface area contributed by atoms with Crippen LogP contribution in [0.4, 0.5) is 0 Å². The van der Waals surface area contributed by atoms with E-state index in [-0.39, 0.29) is 5.91 Å². The first-order valence-corrected chi connectivity index (χ1v) is 12.1. The monoisotopic (exact) mass is 455 g/mol. The molecule has 172 valence electrons. The average molecular weight is 456 g/mol. The molecule has 0 bridgehead atoms. The lowest BCUT2D eigenvalue weighted by Crippen LogP contribution is -2.51. The van der Waals surface area contributed by atoms with Crippen LogP contribution in [0, 0.1) is 5.92 Å². The van der Waals surface area contributed by atoms with Gasteiger partial charge in [0.1, 0.15) is 11.6 Å². The van der Waals surface area contributed by atoms with Gasteiger partial charge in [0.25, 0.3) is 0 Å². The van der Waals surface area contributed by atoms with Gasteiger partial charge in [-0.1, -0.05) is 26.0 Å². The number of hydrogen-bond donors (Lipinski definition) is 1. The van der Waals surface area contributed by atoms with Crippen LogP contribution in [0.3, 0.4) is 0 Å². The average Bonchev–Trinajstić information content (AvgIpc) is 3.20. The maximum absolute atomic E-state index is 13.8. The smallest absolute Gasteiger partial charge is 0.241 e. The van der Waals surface area contributed by atoms with E-state index in [9.17, 15) is 9.00 Å². The Morgan fingerprint density at radius 2 is 1.97 bits per heavy atom. The summed E-state index contributed by atoms with van der Waals surface area (Å²) in [5.74, 6) is 0.233. The number of furan rings is 1. The van der Waals surface area contributed by atoms with Gasteiger partial charge in [0.2, 0.25) is 5.91 Å². The van der Waals surface area contributed by atoms with Gasteiger partial charge in [-0.05, 0) is 68.5 Å². The molecule has 0 fully saturated rings. The molecule has 1 unspecified atom stereocenters. The van der Waals surface area contributed by atoms with E-state index >= 15 is 0 Å². The van der Waals surface area contributed by atoms with E-state index in [1.807, 2.05) is 56.0 Å². The number of carbonyl (C=O) groups is 1. The predicted molar refractivity (Wildman–Crippen MR) is 129 cm³/mol. The summed E-state index contributed by atoms with van der Waals surface area (Å²) in [5.41, 5.74) is 2.78. The summed E-state index contributed by atoms with van der Waals surface area (Å²) in [4.78, 5) is 19.8. The van der Waals surface area contributed by atoms with Crippen LogP contribution in [0.2, 0.25) is 0 Å². The molecule has 3 rings (SSSR count). The molecule has 6 nitrogen and oxygen atoms in total. The Kier molecular flexibility index (Phi) is 7.85. The van der Waals surface area contributed by atoms with Crippen molar-refractivity contribution in [3.05, 3.63) is 66.2 Å². The lowest BCUT2D eigenvalue weighted by molar-refractivity contribution is -0.134. The van der Waals surface area contributed by atoms with E-state index in [2.05, 4.69) is 29.6 Å². The highest BCUT2D eigenvalue weighted by molar-refractivity contribution is 7.84. The van der Waals surface area contributed by atoms with E-state index in [1.54, 1.807) is 18.7 Å². The quantitative estimate of drug-likeness (QED) is 0.516. The molecule has 1 aromatic carbocycles. The van der Waals surface area contributed by atoms with Crippen LogP contribution >= 0.6 is 0 Å². The van der Waals surface area contributed by atoms with Crippen molar-refractivity contribution in [1.29, 1.82) is 0 Å². The molecule has 0 aliphatic rings. The number of benzene rings is 1. The Morgan fingerprint density at radius 3 is 2.62 bits per heavy atom. The maximum Gasteiger partial charge on any atom is 0.241 e. The molecule has 0 aliphatic carbocycles. The maximum atomic E-state index is 13.8. The van der Waals surface area contributed by atoms with E-state index in [0.717, 1.165) is 22.1 Å². The number of fused-ring (bicyclic) bond motifs is 1. The fourth-order valence-corrected chi connectivity index (χ4v) is 4.26. The minimum Gasteiger partial charge on any atom is -0.464 e. The molecular formula is C25H33N3O3S. The van der Waals surface area contributed by atoms with Crippen LogP contribution in [0.1, 0.15) is 45.7 Å². The third-order valence-corrected chi connectivity index (χ3v) is 6.66. The van der Waals surface area contributed by atoms with Gasteiger partial charge >= 0.3 is 0 Å². The van der Waals surface area contributed by atoms with Crippen LogP contribution in [0.15, 0.2) is 59.5 Å². The topological polar surface area (TPSA) is 75.4 Å². The van der Waals surface area contributed by atoms with Crippen molar-refractivity contribution in [2.45, 2.75) is 58.4 Å². The van der Waals surface area contributed by atoms with Crippen molar-refractivity contribution in [3.8, 4) is 0 Å². The summed E-state index contributed by atoms with van der Waals surface area (Å²) in [6.07, 6.45) is 5.55. The standard InChI is InChI=1S/C25H33N3O3S/c1-18(2)16-28(17-20-8-9-23-21(13-20)10-12-31-23)24(29)22(27-32(30)25(3,4)5)14-19-7-6-11-26-15-19/h6-13,15,18,22,27H,14,16-17H2,1-5H3/t22-,32?/m0/s1. The molecule has 2 atom stereocenters. The van der Waals surface area contributed by atoms with Gasteiger partial charge in [0.05, 0.1) is 22.0 Å². The Hall–Kier alpha value is -2.51. The zero-order valence-corrected chi connectivity index (χ0v) is 20.3. The van der Waals surface area contributed by atoms with Crippen molar-refractivity contribution in [2.75, 3.05) is 6.54 Å². The summed E-state index contributed by atoms with van der Waals surface area (Å²) in [5, 5.41) is 1.01. The molecule has 0 aliphatic heterocycles. The minimum absolute atomic E-state index is 0.0626. The first-order valence-electron chi connectivity index (χ1n) is 11.0. The second kappa shape index (κ2) is 10.4. The molecule has 3 aromatic rings. The highest BCUT2D eigenvalue weighted by Crippen LogP contribution is 2.20. The van der Waals surface area contributed by atoms with Gasteiger partial charge < -0.3 is 9.32 Å². The fourth-order valence-electron chi connectivity index (χ4n) is 3.47. The fraction of sp³-hybridized carbons (Fsp3) is 0.440. The lowest BCUT2D eigenvalue weighted by atomic mass is 10.1. The Bertz CT molecular complexity index is 1060. The van der Waals surface area contributed by atoms with E-state index in [1.165, 1.54) is 0 Å². The summed E-state index contributed by atoms with van der Waals surface area (Å²) in [6, 6.07) is 11.1. The number of rotatable bonds is 9. The molecule has 2 heterocycles. The second-order valence-corrected chi connectivity index (χ2v) is 11.5. The van der Waals surface area contributed by atoms with Crippen molar-refractivity contribution >= 4 is 27.9 Å². The Labute approximate surface area is 193 Å². The van der Waals surface area contributed by atoms with Crippen LogP contribution in [0.25, 0.3) is 11.0 Å². The number of nitrogens with one attached hydrogen (secondary N) is 1. The normalized spacial score (nSPS) is 13.9. The predicted octanol–water partition coefficient (Wildman–Crippen LogP) is 4.48. The summed E-state index contributed by atoms with van der Waals surface area (Å²) >= 11 is 0. The van der Waals surface area contributed by atoms with Crippen molar-refractivity contribution in [2.24, 2.45) is 5.92 Å². The molecule has 0 saturated carbocycles. The number of aromatic nitrogens is 1. The minimum atomic E-state index is -1.38. The molecule has 7 heteroatoms. The van der Waals surface area contributed by atoms with Crippen LogP contribution < -0.4 is 4.72 Å². The Balaban J connectivity index is 1.87. The SMILES string of the molecule is CC(C)CN(Cc1ccc2occc2c1)C(=O)[C@H](Cc1cccnc1)NS(=O)C(C)(C)C. The lowest BCUT2D eigenvalue weighted by Gasteiger charge is -2.31. The molecule has 0 radical (unpaired) electrons. The first kappa shape index (κ1) is 24.1. The van der Waals surface area contributed by atoms with Gasteiger partial charge in [0.15, 0.2) is 0 Å². The summed E-state index contributed by atoms with van der Waals surface area (Å²) < 4.78 is 21.0. The molecular weight excluding hydrogens is 422 g/mol.